The lowest BCUT2D eigenvalue weighted by molar-refractivity contribution is 0.470. The van der Waals surface area contributed by atoms with E-state index in [2.05, 4.69) is 91.9 Å². The SMILES string of the molecule is CCC[Si](C)(C)c1cc(-c2cc(C(C)(C)C)cc(C(C)(C)C)c2)c(O)c(-c2ccccc2O)c1. The maximum absolute atomic E-state index is 11.6. The van der Waals surface area contributed by atoms with Crippen LogP contribution in [0.25, 0.3) is 22.3 Å². The summed E-state index contributed by atoms with van der Waals surface area (Å²) in [6.07, 6.45) is 1.13. The molecule has 0 fully saturated rings. The second kappa shape index (κ2) is 9.26. The van der Waals surface area contributed by atoms with E-state index < -0.39 is 8.07 Å². The minimum atomic E-state index is -1.74. The number of hydrogen-bond acceptors (Lipinski definition) is 2. The first kappa shape index (κ1) is 26.1. The van der Waals surface area contributed by atoms with Crippen LogP contribution < -0.4 is 5.19 Å². The van der Waals surface area contributed by atoms with Gasteiger partial charge in [0.05, 0.1) is 8.07 Å². The van der Waals surface area contributed by atoms with E-state index >= 15 is 0 Å². The molecule has 0 spiro atoms. The summed E-state index contributed by atoms with van der Waals surface area (Å²) in [5.74, 6) is 0.423. The Morgan fingerprint density at radius 1 is 0.706 bits per heavy atom. The quantitative estimate of drug-likeness (QED) is 0.365. The second-order valence-corrected chi connectivity index (χ2v) is 17.2. The molecule has 3 aromatic carbocycles. The fraction of sp³-hybridized carbons (Fsp3) is 0.419. The van der Waals surface area contributed by atoms with Gasteiger partial charge < -0.3 is 10.2 Å². The Balaban J connectivity index is 2.40. The number of para-hydroxylation sites is 1. The van der Waals surface area contributed by atoms with Gasteiger partial charge in [-0.05, 0) is 33.6 Å². The molecule has 2 N–H and O–H groups in total. The fourth-order valence-electron chi connectivity index (χ4n) is 4.57. The predicted octanol–water partition coefficient (Wildman–Crippen LogP) is 8.35. The van der Waals surface area contributed by atoms with Gasteiger partial charge in [0.15, 0.2) is 0 Å². The summed E-state index contributed by atoms with van der Waals surface area (Å²) in [5, 5.41) is 23.6. The topological polar surface area (TPSA) is 40.5 Å². The summed E-state index contributed by atoms with van der Waals surface area (Å²) in [7, 11) is -1.74. The van der Waals surface area contributed by atoms with E-state index in [-0.39, 0.29) is 22.3 Å². The van der Waals surface area contributed by atoms with Crippen molar-refractivity contribution < 1.29 is 10.2 Å². The highest BCUT2D eigenvalue weighted by atomic mass is 28.3. The van der Waals surface area contributed by atoms with Gasteiger partial charge in [-0.1, -0.05) is 128 Å². The molecule has 0 saturated carbocycles. The minimum Gasteiger partial charge on any atom is -0.507 e. The van der Waals surface area contributed by atoms with Crippen LogP contribution in [-0.4, -0.2) is 18.3 Å². The zero-order valence-electron chi connectivity index (χ0n) is 22.5. The lowest BCUT2D eigenvalue weighted by Gasteiger charge is -2.28. The first-order valence-corrected chi connectivity index (χ1v) is 15.7. The van der Waals surface area contributed by atoms with Crippen LogP contribution in [0.4, 0.5) is 0 Å². The van der Waals surface area contributed by atoms with Crippen LogP contribution in [0.15, 0.2) is 54.6 Å². The van der Waals surface area contributed by atoms with Gasteiger partial charge >= 0.3 is 0 Å². The second-order valence-electron chi connectivity index (χ2n) is 12.4. The Bertz CT molecular complexity index is 1140. The molecule has 0 heterocycles. The maximum Gasteiger partial charge on any atom is 0.131 e. The first-order valence-electron chi connectivity index (χ1n) is 12.5. The Morgan fingerprint density at radius 3 is 1.74 bits per heavy atom. The Morgan fingerprint density at radius 2 is 1.24 bits per heavy atom. The van der Waals surface area contributed by atoms with Crippen LogP contribution in [0, 0.1) is 0 Å². The number of benzene rings is 3. The molecule has 182 valence electrons. The molecule has 0 bridgehead atoms. The number of phenolic OH excluding ortho intramolecular Hbond substituents is 2. The summed E-state index contributed by atoms with van der Waals surface area (Å²) in [5.41, 5.74) is 5.76. The van der Waals surface area contributed by atoms with Crippen LogP contribution in [0.3, 0.4) is 0 Å². The number of rotatable bonds is 5. The van der Waals surface area contributed by atoms with Crippen LogP contribution in [0.1, 0.15) is 66.0 Å². The van der Waals surface area contributed by atoms with Crippen molar-refractivity contribution in [3.05, 3.63) is 65.7 Å². The zero-order chi connectivity index (χ0) is 25.5. The molecule has 0 radical (unpaired) electrons. The number of aromatic hydroxyl groups is 2. The highest BCUT2D eigenvalue weighted by molar-refractivity contribution is 6.89. The third-order valence-electron chi connectivity index (χ3n) is 6.94. The predicted molar refractivity (Wildman–Crippen MR) is 150 cm³/mol. The summed E-state index contributed by atoms with van der Waals surface area (Å²) < 4.78 is 0. The summed E-state index contributed by atoms with van der Waals surface area (Å²) in [4.78, 5) is 0. The average molecular weight is 475 g/mol. The summed E-state index contributed by atoms with van der Waals surface area (Å²) in [6.45, 7) is 20.4. The van der Waals surface area contributed by atoms with Crippen molar-refractivity contribution in [3.8, 4) is 33.8 Å². The van der Waals surface area contributed by atoms with Crippen LogP contribution >= 0.6 is 0 Å². The Kier molecular flexibility index (Phi) is 7.11. The lowest BCUT2D eigenvalue weighted by Crippen LogP contribution is -2.41. The molecule has 0 amide bonds. The van der Waals surface area contributed by atoms with Crippen molar-refractivity contribution in [1.29, 1.82) is 0 Å². The highest BCUT2D eigenvalue weighted by Crippen LogP contribution is 2.43. The van der Waals surface area contributed by atoms with Gasteiger partial charge in [0.25, 0.3) is 0 Å². The van der Waals surface area contributed by atoms with Gasteiger partial charge in [-0.15, -0.1) is 0 Å². The minimum absolute atomic E-state index is 0.0139. The highest BCUT2D eigenvalue weighted by Gasteiger charge is 2.27. The number of hydrogen-bond donors (Lipinski definition) is 2. The Hall–Kier alpha value is -2.52. The third kappa shape index (κ3) is 5.41. The standard InChI is InChI=1S/C31H42O2Si/c1-10-15-34(8,9)24-19-26(29(33)27(20-24)25-13-11-12-14-28(25)32)21-16-22(30(2,3)4)18-23(17-21)31(5,6)7/h11-14,16-20,32-33H,10,15H2,1-9H3. The zero-order valence-corrected chi connectivity index (χ0v) is 23.5. The normalized spacial score (nSPS) is 12.7. The van der Waals surface area contributed by atoms with Gasteiger partial charge in [-0.2, -0.15) is 0 Å². The van der Waals surface area contributed by atoms with Crippen molar-refractivity contribution in [3.63, 3.8) is 0 Å². The molecule has 3 heteroatoms. The molecule has 0 atom stereocenters. The third-order valence-corrected chi connectivity index (χ3v) is 10.5. The molecule has 0 aliphatic carbocycles. The van der Waals surface area contributed by atoms with E-state index in [1.165, 1.54) is 22.4 Å². The van der Waals surface area contributed by atoms with Crippen molar-refractivity contribution >= 4 is 13.3 Å². The molecule has 0 aliphatic rings. The molecule has 3 aromatic rings. The molecular formula is C31H42O2Si. The molecule has 0 saturated heterocycles. The van der Waals surface area contributed by atoms with Gasteiger partial charge in [0.2, 0.25) is 0 Å². The largest absolute Gasteiger partial charge is 0.507 e. The van der Waals surface area contributed by atoms with Crippen molar-refractivity contribution in [1.82, 2.24) is 0 Å². The van der Waals surface area contributed by atoms with Gasteiger partial charge in [0, 0.05) is 16.7 Å². The van der Waals surface area contributed by atoms with E-state index in [4.69, 9.17) is 0 Å². The van der Waals surface area contributed by atoms with Gasteiger partial charge in [-0.3, -0.25) is 0 Å². The van der Waals surface area contributed by atoms with E-state index in [1.807, 2.05) is 18.2 Å². The average Bonchev–Trinajstić information content (AvgIpc) is 2.73. The van der Waals surface area contributed by atoms with Gasteiger partial charge in [0.1, 0.15) is 11.5 Å². The van der Waals surface area contributed by atoms with Crippen molar-refractivity contribution in [2.75, 3.05) is 0 Å². The van der Waals surface area contributed by atoms with Crippen molar-refractivity contribution in [2.24, 2.45) is 0 Å². The van der Waals surface area contributed by atoms with E-state index in [9.17, 15) is 10.2 Å². The van der Waals surface area contributed by atoms with Crippen LogP contribution in [0.5, 0.6) is 11.5 Å². The maximum atomic E-state index is 11.6. The molecule has 2 nitrogen and oxygen atoms in total. The van der Waals surface area contributed by atoms with Crippen LogP contribution in [-0.2, 0) is 10.8 Å². The smallest absolute Gasteiger partial charge is 0.131 e. The monoisotopic (exact) mass is 474 g/mol. The lowest BCUT2D eigenvalue weighted by atomic mass is 9.78. The molecule has 0 unspecified atom stereocenters. The first-order chi connectivity index (χ1) is 15.6. The van der Waals surface area contributed by atoms with E-state index in [0.717, 1.165) is 17.5 Å². The molecule has 3 rings (SSSR count). The molecule has 34 heavy (non-hydrogen) atoms. The Labute approximate surface area is 207 Å². The summed E-state index contributed by atoms with van der Waals surface area (Å²) >= 11 is 0. The molecule has 0 aliphatic heterocycles. The fourth-order valence-corrected chi connectivity index (χ4v) is 7.18. The van der Waals surface area contributed by atoms with Gasteiger partial charge in [-0.25, -0.2) is 0 Å². The van der Waals surface area contributed by atoms with Crippen molar-refractivity contribution in [2.45, 2.75) is 84.9 Å². The van der Waals surface area contributed by atoms with E-state index in [1.54, 1.807) is 6.07 Å². The summed E-state index contributed by atoms with van der Waals surface area (Å²) in [6, 6.07) is 19.6. The molecular weight excluding hydrogens is 432 g/mol. The number of phenols is 2. The molecule has 0 aromatic heterocycles. The van der Waals surface area contributed by atoms with E-state index in [0.29, 0.717) is 11.1 Å². The van der Waals surface area contributed by atoms with Crippen LogP contribution in [0.2, 0.25) is 19.1 Å².